The number of hydrogen-bond donors (Lipinski definition) is 3. The van der Waals surface area contributed by atoms with Gasteiger partial charge in [-0.25, -0.2) is 9.78 Å². The van der Waals surface area contributed by atoms with Gasteiger partial charge in [-0.3, -0.25) is 9.69 Å². The normalized spacial score (nSPS) is 13.8. The second kappa shape index (κ2) is 14.3. The monoisotopic (exact) mass is 584 g/mol. The Labute approximate surface area is 254 Å². The molecule has 0 aliphatic heterocycles. The number of H-pyrrole nitrogens is 1. The molecule has 4 aromatic rings. The molecular weight excluding hydrogens is 540 g/mol. The highest BCUT2D eigenvalue weighted by Crippen LogP contribution is 2.25. The van der Waals surface area contributed by atoms with Crippen molar-refractivity contribution >= 4 is 29.0 Å². The maximum absolute atomic E-state index is 14.4. The number of aliphatic hydroxyl groups is 1. The van der Waals surface area contributed by atoms with Crippen molar-refractivity contribution in [3.8, 4) is 0 Å². The zero-order valence-corrected chi connectivity index (χ0v) is 25.8. The molecule has 2 amide bonds. The Morgan fingerprint density at radius 1 is 0.907 bits per heavy atom. The summed E-state index contributed by atoms with van der Waals surface area (Å²) in [7, 11) is 0. The van der Waals surface area contributed by atoms with Crippen LogP contribution in [0.5, 0.6) is 0 Å². The Hall–Kier alpha value is -4.17. The number of fused-ring (bicyclic) bond motifs is 1. The lowest BCUT2D eigenvalue weighted by molar-refractivity contribution is -0.123. The fourth-order valence-corrected chi connectivity index (χ4v) is 5.17. The molecule has 1 heterocycles. The van der Waals surface area contributed by atoms with Crippen LogP contribution in [-0.4, -0.2) is 51.4 Å². The number of anilines is 1. The Kier molecular flexibility index (Phi) is 10.6. The van der Waals surface area contributed by atoms with Crippen LogP contribution in [0.2, 0.25) is 0 Å². The van der Waals surface area contributed by atoms with Gasteiger partial charge in [-0.1, -0.05) is 86.6 Å². The molecule has 1 aromatic heterocycles. The Bertz CT molecular complexity index is 1430. The summed E-state index contributed by atoms with van der Waals surface area (Å²) in [6, 6.07) is 26.5. The first-order valence-corrected chi connectivity index (χ1v) is 15.0. The molecule has 0 fully saturated rings. The molecule has 8 nitrogen and oxygen atoms in total. The van der Waals surface area contributed by atoms with E-state index in [-0.39, 0.29) is 18.2 Å². The number of hydrogen-bond acceptors (Lipinski definition) is 5. The smallest absolute Gasteiger partial charge is 0.407 e. The van der Waals surface area contributed by atoms with Crippen LogP contribution in [0, 0.1) is 11.8 Å². The van der Waals surface area contributed by atoms with E-state index >= 15 is 0 Å². The summed E-state index contributed by atoms with van der Waals surface area (Å²) in [6.07, 6.45) is -0.692. The van der Waals surface area contributed by atoms with Gasteiger partial charge in [-0.15, -0.1) is 0 Å². The molecule has 0 bridgehead atoms. The van der Waals surface area contributed by atoms with E-state index in [0.717, 1.165) is 22.2 Å². The van der Waals surface area contributed by atoms with Crippen LogP contribution in [-0.2, 0) is 22.4 Å². The number of amides is 2. The van der Waals surface area contributed by atoms with E-state index in [1.54, 1.807) is 25.7 Å². The van der Waals surface area contributed by atoms with Crippen molar-refractivity contribution < 1.29 is 19.4 Å². The predicted octanol–water partition coefficient (Wildman–Crippen LogP) is 6.30. The van der Waals surface area contributed by atoms with Gasteiger partial charge in [0, 0.05) is 12.5 Å². The van der Waals surface area contributed by atoms with Crippen LogP contribution < -0.4 is 10.2 Å². The fourth-order valence-electron chi connectivity index (χ4n) is 5.17. The maximum Gasteiger partial charge on any atom is 0.407 e. The minimum atomic E-state index is -1.03. The molecule has 228 valence electrons. The summed E-state index contributed by atoms with van der Waals surface area (Å²) in [5.74, 6) is -0.0475. The molecule has 0 radical (unpaired) electrons. The summed E-state index contributed by atoms with van der Waals surface area (Å²) >= 11 is 0. The van der Waals surface area contributed by atoms with Crippen molar-refractivity contribution in [3.05, 3.63) is 96.1 Å². The average Bonchev–Trinajstić information content (AvgIpc) is 3.39. The van der Waals surface area contributed by atoms with Gasteiger partial charge in [0.25, 0.3) is 0 Å². The van der Waals surface area contributed by atoms with Crippen LogP contribution in [0.25, 0.3) is 11.0 Å². The van der Waals surface area contributed by atoms with E-state index in [9.17, 15) is 14.7 Å². The summed E-state index contributed by atoms with van der Waals surface area (Å²) in [5, 5.41) is 14.6. The zero-order valence-electron chi connectivity index (χ0n) is 25.8. The van der Waals surface area contributed by atoms with Crippen molar-refractivity contribution in [1.29, 1.82) is 0 Å². The zero-order chi connectivity index (χ0) is 31.0. The standard InChI is InChI=1S/C35H44N4O4/c1-24(2)23-39(33-36-28-18-12-13-19-29(28)37-33)32(41)27(20-25-14-8-6-9-15-25)22-31(40)30(21-26-16-10-7-11-17-26)38-34(42)43-35(3,4)5/h6-19,24,27,30-31,40H,20-23H2,1-5H3,(H,36,37)(H,38,42)/t27-,30+,31+/m1/s1. The summed E-state index contributed by atoms with van der Waals surface area (Å²) in [4.78, 5) is 37.0. The molecule has 0 spiro atoms. The molecule has 0 saturated carbocycles. The quantitative estimate of drug-likeness (QED) is 0.181. The van der Waals surface area contributed by atoms with E-state index < -0.39 is 29.8 Å². The lowest BCUT2D eigenvalue weighted by Crippen LogP contribution is -2.49. The number of rotatable bonds is 12. The van der Waals surface area contributed by atoms with Crippen molar-refractivity contribution in [3.63, 3.8) is 0 Å². The molecule has 4 rings (SSSR count). The number of benzene rings is 3. The van der Waals surface area contributed by atoms with Crippen molar-refractivity contribution in [2.24, 2.45) is 11.8 Å². The lowest BCUT2D eigenvalue weighted by Gasteiger charge is -2.31. The van der Waals surface area contributed by atoms with Gasteiger partial charge in [0.1, 0.15) is 5.60 Å². The van der Waals surface area contributed by atoms with Gasteiger partial charge in [-0.05, 0) is 69.2 Å². The van der Waals surface area contributed by atoms with E-state index in [1.807, 2.05) is 84.9 Å². The first-order chi connectivity index (χ1) is 20.5. The van der Waals surface area contributed by atoms with E-state index in [4.69, 9.17) is 9.72 Å². The molecule has 3 aromatic carbocycles. The van der Waals surface area contributed by atoms with Crippen LogP contribution in [0.4, 0.5) is 10.7 Å². The SMILES string of the molecule is CC(C)CN(C(=O)[C@H](Cc1ccccc1)C[C@H](O)[C@H](Cc1ccccc1)NC(=O)OC(C)(C)C)c1nc2ccccc2[nH]1. The average molecular weight is 585 g/mol. The molecule has 0 aliphatic rings. The molecule has 3 N–H and O–H groups in total. The highest BCUT2D eigenvalue weighted by Gasteiger charge is 2.33. The molecule has 3 atom stereocenters. The van der Waals surface area contributed by atoms with Gasteiger partial charge >= 0.3 is 6.09 Å². The topological polar surface area (TPSA) is 108 Å². The number of alkyl carbamates (subject to hydrolysis) is 1. The number of imidazole rings is 1. The Morgan fingerprint density at radius 3 is 2.07 bits per heavy atom. The van der Waals surface area contributed by atoms with Crippen LogP contribution in [0.3, 0.4) is 0 Å². The predicted molar refractivity (Wildman–Crippen MR) is 171 cm³/mol. The number of nitrogens with one attached hydrogen (secondary N) is 2. The van der Waals surface area contributed by atoms with Crippen LogP contribution >= 0.6 is 0 Å². The third-order valence-electron chi connectivity index (χ3n) is 7.11. The number of para-hydroxylation sites is 2. The minimum Gasteiger partial charge on any atom is -0.444 e. The van der Waals surface area contributed by atoms with Crippen LogP contribution in [0.15, 0.2) is 84.9 Å². The lowest BCUT2D eigenvalue weighted by atomic mass is 9.88. The van der Waals surface area contributed by atoms with E-state index in [1.165, 1.54) is 0 Å². The summed E-state index contributed by atoms with van der Waals surface area (Å²) in [5.41, 5.74) is 2.88. The molecule has 8 heteroatoms. The second-order valence-corrected chi connectivity index (χ2v) is 12.6. The van der Waals surface area contributed by atoms with Gasteiger partial charge in [0.15, 0.2) is 0 Å². The number of carbonyl (C=O) groups is 2. The summed E-state index contributed by atoms with van der Waals surface area (Å²) < 4.78 is 5.52. The van der Waals surface area contributed by atoms with Crippen molar-refractivity contribution in [2.75, 3.05) is 11.4 Å². The third-order valence-corrected chi connectivity index (χ3v) is 7.11. The molecule has 0 unspecified atom stereocenters. The first-order valence-electron chi connectivity index (χ1n) is 15.0. The second-order valence-electron chi connectivity index (χ2n) is 12.6. The number of aromatic amines is 1. The maximum atomic E-state index is 14.4. The van der Waals surface area contributed by atoms with E-state index in [2.05, 4.69) is 24.1 Å². The molecule has 0 saturated heterocycles. The molecule has 0 aliphatic carbocycles. The fraction of sp³-hybridized carbons (Fsp3) is 0.400. The van der Waals surface area contributed by atoms with Crippen molar-refractivity contribution in [2.45, 2.75) is 71.6 Å². The number of nitrogens with zero attached hydrogens (tertiary/aromatic N) is 2. The van der Waals surface area contributed by atoms with Crippen LogP contribution in [0.1, 0.15) is 52.2 Å². The van der Waals surface area contributed by atoms with Gasteiger partial charge < -0.3 is 20.1 Å². The highest BCUT2D eigenvalue weighted by atomic mass is 16.6. The third kappa shape index (κ3) is 9.41. The Morgan fingerprint density at radius 2 is 1.49 bits per heavy atom. The number of ether oxygens (including phenoxy) is 1. The minimum absolute atomic E-state index is 0.133. The molecular formula is C35H44N4O4. The first kappa shape index (κ1) is 31.8. The Balaban J connectivity index is 1.65. The highest BCUT2D eigenvalue weighted by molar-refractivity contribution is 5.95. The summed E-state index contributed by atoms with van der Waals surface area (Å²) in [6.45, 7) is 9.97. The number of aliphatic hydroxyl groups excluding tert-OH is 1. The van der Waals surface area contributed by atoms with Gasteiger partial charge in [-0.2, -0.15) is 0 Å². The van der Waals surface area contributed by atoms with Crippen molar-refractivity contribution in [1.82, 2.24) is 15.3 Å². The number of aromatic nitrogens is 2. The largest absolute Gasteiger partial charge is 0.444 e. The molecule has 43 heavy (non-hydrogen) atoms. The van der Waals surface area contributed by atoms with E-state index in [0.29, 0.717) is 25.3 Å². The number of carbonyl (C=O) groups excluding carboxylic acids is 2. The van der Waals surface area contributed by atoms with Gasteiger partial charge in [0.2, 0.25) is 11.9 Å². The van der Waals surface area contributed by atoms with Gasteiger partial charge in [0.05, 0.1) is 23.2 Å².